The van der Waals surface area contributed by atoms with Crippen molar-refractivity contribution in [2.45, 2.75) is 18.8 Å². The predicted octanol–water partition coefficient (Wildman–Crippen LogP) is 2.09. The molecule has 1 aromatic rings. The summed E-state index contributed by atoms with van der Waals surface area (Å²) in [5, 5.41) is 0. The first kappa shape index (κ1) is 15.4. The largest absolute Gasteiger partial charge is 0.465 e. The molecule has 0 radical (unpaired) electrons. The molecule has 2 atom stereocenters. The van der Waals surface area contributed by atoms with Crippen LogP contribution in [0.4, 0.5) is 8.78 Å². The van der Waals surface area contributed by atoms with Crippen LogP contribution in [-0.2, 0) is 14.3 Å². The molecule has 2 rings (SSSR count). The molecular formula is C15H17F2NO3. The van der Waals surface area contributed by atoms with E-state index in [0.29, 0.717) is 6.42 Å². The zero-order valence-electron chi connectivity index (χ0n) is 11.9. The van der Waals surface area contributed by atoms with Gasteiger partial charge in [0.2, 0.25) is 5.91 Å². The van der Waals surface area contributed by atoms with Gasteiger partial charge in [-0.1, -0.05) is 0 Å². The molecule has 0 bridgehead atoms. The summed E-state index contributed by atoms with van der Waals surface area (Å²) < 4.78 is 31.7. The van der Waals surface area contributed by atoms with Crippen molar-refractivity contribution in [3.63, 3.8) is 0 Å². The molecule has 1 saturated carbocycles. The topological polar surface area (TPSA) is 46.6 Å². The lowest BCUT2D eigenvalue weighted by Crippen LogP contribution is -2.23. The molecule has 1 fully saturated rings. The Morgan fingerprint density at radius 3 is 2.71 bits per heavy atom. The highest BCUT2D eigenvalue weighted by Gasteiger charge is 2.46. The van der Waals surface area contributed by atoms with Crippen molar-refractivity contribution in [2.24, 2.45) is 5.92 Å². The third-order valence-electron chi connectivity index (χ3n) is 3.51. The van der Waals surface area contributed by atoms with Gasteiger partial charge in [-0.25, -0.2) is 8.78 Å². The highest BCUT2D eigenvalue weighted by Crippen LogP contribution is 2.49. The number of amides is 1. The fraction of sp³-hybridized carbons (Fsp3) is 0.467. The minimum atomic E-state index is -0.526. The molecule has 21 heavy (non-hydrogen) atoms. The smallest absolute Gasteiger partial charge is 0.309 e. The SMILES string of the molecule is CN(C)C(=O)CCOC(=O)[C@@H]1C[C@@H]1c1cc(F)ccc1F. The van der Waals surface area contributed by atoms with Crippen LogP contribution in [0, 0.1) is 17.6 Å². The van der Waals surface area contributed by atoms with E-state index in [-0.39, 0.29) is 30.4 Å². The van der Waals surface area contributed by atoms with Crippen molar-refractivity contribution in [3.05, 3.63) is 35.4 Å². The summed E-state index contributed by atoms with van der Waals surface area (Å²) in [7, 11) is 3.24. The van der Waals surface area contributed by atoms with Crippen LogP contribution in [0.3, 0.4) is 0 Å². The molecule has 0 N–H and O–H groups in total. The van der Waals surface area contributed by atoms with Crippen LogP contribution in [0.15, 0.2) is 18.2 Å². The second-order valence-electron chi connectivity index (χ2n) is 5.32. The Kier molecular flexibility index (Phi) is 4.55. The van der Waals surface area contributed by atoms with Gasteiger partial charge < -0.3 is 9.64 Å². The maximum Gasteiger partial charge on any atom is 0.309 e. The summed E-state index contributed by atoms with van der Waals surface area (Å²) in [6.07, 6.45) is 0.561. The number of esters is 1. The molecule has 6 heteroatoms. The standard InChI is InChI=1S/C15H17F2NO3/c1-18(2)14(19)5-6-21-15(20)12-8-10(12)11-7-9(16)3-4-13(11)17/h3-4,7,10,12H,5-6,8H2,1-2H3/t10-,12-/m1/s1. The number of rotatable bonds is 5. The zero-order chi connectivity index (χ0) is 15.6. The van der Waals surface area contributed by atoms with Crippen molar-refractivity contribution < 1.29 is 23.1 Å². The van der Waals surface area contributed by atoms with Gasteiger partial charge in [-0.05, 0) is 30.2 Å². The number of carbonyl (C=O) groups excluding carboxylic acids is 2. The maximum absolute atomic E-state index is 13.6. The molecule has 1 aliphatic rings. The van der Waals surface area contributed by atoms with E-state index < -0.39 is 23.5 Å². The van der Waals surface area contributed by atoms with Crippen LogP contribution in [0.5, 0.6) is 0 Å². The van der Waals surface area contributed by atoms with E-state index in [0.717, 1.165) is 18.2 Å². The summed E-state index contributed by atoms with van der Waals surface area (Å²) in [6, 6.07) is 3.21. The number of ether oxygens (including phenoxy) is 1. The monoisotopic (exact) mass is 297 g/mol. The van der Waals surface area contributed by atoms with Crippen molar-refractivity contribution in [1.82, 2.24) is 4.90 Å². The summed E-state index contributed by atoms with van der Waals surface area (Å²) in [5.74, 6) is -2.42. The first-order valence-corrected chi connectivity index (χ1v) is 6.72. The van der Waals surface area contributed by atoms with Gasteiger partial charge in [0, 0.05) is 20.0 Å². The molecule has 0 spiro atoms. The van der Waals surface area contributed by atoms with Crippen LogP contribution in [0.1, 0.15) is 24.3 Å². The summed E-state index contributed by atoms with van der Waals surface area (Å²) in [5.41, 5.74) is 0.210. The Balaban J connectivity index is 1.84. The first-order chi connectivity index (χ1) is 9.90. The quantitative estimate of drug-likeness (QED) is 0.782. The molecule has 114 valence electrons. The van der Waals surface area contributed by atoms with Gasteiger partial charge in [0.1, 0.15) is 18.2 Å². The molecule has 1 aliphatic carbocycles. The Labute approximate surface area is 121 Å². The number of halogens is 2. The normalized spacial score (nSPS) is 20.0. The highest BCUT2D eigenvalue weighted by molar-refractivity contribution is 5.79. The van der Waals surface area contributed by atoms with Gasteiger partial charge in [-0.3, -0.25) is 9.59 Å². The van der Waals surface area contributed by atoms with E-state index in [1.54, 1.807) is 14.1 Å². The molecule has 0 aromatic heterocycles. The molecule has 0 aliphatic heterocycles. The Hall–Kier alpha value is -1.98. The van der Waals surface area contributed by atoms with E-state index in [2.05, 4.69) is 0 Å². The molecule has 4 nitrogen and oxygen atoms in total. The van der Waals surface area contributed by atoms with E-state index in [9.17, 15) is 18.4 Å². The molecule has 0 saturated heterocycles. The molecule has 1 amide bonds. The fourth-order valence-corrected chi connectivity index (χ4v) is 2.17. The van der Waals surface area contributed by atoms with E-state index in [1.165, 1.54) is 4.90 Å². The third kappa shape index (κ3) is 3.77. The minimum Gasteiger partial charge on any atom is -0.465 e. The van der Waals surface area contributed by atoms with Gasteiger partial charge in [-0.15, -0.1) is 0 Å². The predicted molar refractivity (Wildman–Crippen MR) is 71.5 cm³/mol. The number of nitrogens with zero attached hydrogens (tertiary/aromatic N) is 1. The Morgan fingerprint density at radius 2 is 2.05 bits per heavy atom. The fourth-order valence-electron chi connectivity index (χ4n) is 2.17. The van der Waals surface area contributed by atoms with Crippen molar-refractivity contribution >= 4 is 11.9 Å². The zero-order valence-corrected chi connectivity index (χ0v) is 11.9. The minimum absolute atomic E-state index is 0.00466. The van der Waals surface area contributed by atoms with Crippen LogP contribution >= 0.6 is 0 Å². The number of carbonyl (C=O) groups is 2. The maximum atomic E-state index is 13.6. The van der Waals surface area contributed by atoms with Gasteiger partial charge >= 0.3 is 5.97 Å². The van der Waals surface area contributed by atoms with Gasteiger partial charge in [-0.2, -0.15) is 0 Å². The van der Waals surface area contributed by atoms with Crippen LogP contribution in [0.25, 0.3) is 0 Å². The number of hydrogen-bond acceptors (Lipinski definition) is 3. The van der Waals surface area contributed by atoms with E-state index in [4.69, 9.17) is 4.74 Å². The second-order valence-corrected chi connectivity index (χ2v) is 5.32. The van der Waals surface area contributed by atoms with Crippen LogP contribution in [-0.4, -0.2) is 37.5 Å². The van der Waals surface area contributed by atoms with Crippen LogP contribution in [0.2, 0.25) is 0 Å². The molecule has 1 aromatic carbocycles. The second kappa shape index (κ2) is 6.20. The average Bonchev–Trinajstić information content (AvgIpc) is 3.21. The first-order valence-electron chi connectivity index (χ1n) is 6.72. The van der Waals surface area contributed by atoms with Crippen molar-refractivity contribution in [1.29, 1.82) is 0 Å². The van der Waals surface area contributed by atoms with Gasteiger partial charge in [0.15, 0.2) is 0 Å². The molecule has 0 unspecified atom stereocenters. The lowest BCUT2D eigenvalue weighted by molar-refractivity contribution is -0.146. The summed E-state index contributed by atoms with van der Waals surface area (Å²) in [4.78, 5) is 24.5. The molecular weight excluding hydrogens is 280 g/mol. The van der Waals surface area contributed by atoms with E-state index in [1.807, 2.05) is 0 Å². The Morgan fingerprint density at radius 1 is 1.33 bits per heavy atom. The lowest BCUT2D eigenvalue weighted by Gasteiger charge is -2.10. The van der Waals surface area contributed by atoms with Gasteiger partial charge in [0.05, 0.1) is 12.3 Å². The summed E-state index contributed by atoms with van der Waals surface area (Å²) in [6.45, 7) is 0.00466. The average molecular weight is 297 g/mol. The Bertz CT molecular complexity index is 560. The number of benzene rings is 1. The number of hydrogen-bond donors (Lipinski definition) is 0. The third-order valence-corrected chi connectivity index (χ3v) is 3.51. The van der Waals surface area contributed by atoms with E-state index >= 15 is 0 Å². The highest BCUT2D eigenvalue weighted by atomic mass is 19.1. The van der Waals surface area contributed by atoms with Gasteiger partial charge in [0.25, 0.3) is 0 Å². The lowest BCUT2D eigenvalue weighted by atomic mass is 10.1. The van der Waals surface area contributed by atoms with Crippen LogP contribution < -0.4 is 0 Å². The summed E-state index contributed by atoms with van der Waals surface area (Å²) >= 11 is 0. The molecule has 0 heterocycles. The van der Waals surface area contributed by atoms with Crippen molar-refractivity contribution in [3.8, 4) is 0 Å². The van der Waals surface area contributed by atoms with Crippen molar-refractivity contribution in [2.75, 3.05) is 20.7 Å².